The number of carbonyl (C=O) groups excluding carboxylic acids is 2. The molecule has 0 aliphatic heterocycles. The summed E-state index contributed by atoms with van der Waals surface area (Å²) in [5, 5.41) is 12.4. The van der Waals surface area contributed by atoms with E-state index in [1.54, 1.807) is 24.3 Å². The molecule has 8 nitrogen and oxygen atoms in total. The number of carbonyl (C=O) groups is 2. The van der Waals surface area contributed by atoms with E-state index in [1.807, 2.05) is 44.2 Å². The summed E-state index contributed by atoms with van der Waals surface area (Å²) in [5.74, 6) is -0.458. The van der Waals surface area contributed by atoms with Gasteiger partial charge in [-0.1, -0.05) is 36.4 Å². The molecule has 0 unspecified atom stereocenters. The first-order valence-corrected chi connectivity index (χ1v) is 9.52. The Morgan fingerprint density at radius 1 is 0.933 bits per heavy atom. The van der Waals surface area contributed by atoms with Crippen molar-refractivity contribution in [3.05, 3.63) is 88.3 Å². The summed E-state index contributed by atoms with van der Waals surface area (Å²) >= 11 is 0. The molecule has 0 saturated heterocycles. The quantitative estimate of drug-likeness (QED) is 0.586. The van der Waals surface area contributed by atoms with Crippen LogP contribution in [-0.4, -0.2) is 27.8 Å². The van der Waals surface area contributed by atoms with Gasteiger partial charge in [-0.05, 0) is 43.7 Å². The van der Waals surface area contributed by atoms with Crippen LogP contribution in [0.1, 0.15) is 29.9 Å². The van der Waals surface area contributed by atoms with E-state index in [2.05, 4.69) is 21.0 Å². The fourth-order valence-electron chi connectivity index (χ4n) is 2.74. The SMILES string of the molecule is CC(C)NC(=O)Nc1cccc(NC(=O)c2ccc(=O)n(Cc3ccccc3)n2)c1. The summed E-state index contributed by atoms with van der Waals surface area (Å²) in [6.07, 6.45) is 0. The Labute approximate surface area is 173 Å². The van der Waals surface area contributed by atoms with Gasteiger partial charge in [0.05, 0.1) is 6.54 Å². The summed E-state index contributed by atoms with van der Waals surface area (Å²) < 4.78 is 1.25. The molecule has 3 amide bonds. The van der Waals surface area contributed by atoms with Gasteiger partial charge in [-0.2, -0.15) is 5.10 Å². The molecule has 0 radical (unpaired) electrons. The second kappa shape index (κ2) is 9.51. The zero-order valence-electron chi connectivity index (χ0n) is 16.8. The van der Waals surface area contributed by atoms with Crippen LogP contribution in [0.4, 0.5) is 16.2 Å². The van der Waals surface area contributed by atoms with Gasteiger partial charge < -0.3 is 16.0 Å². The lowest BCUT2D eigenvalue weighted by Gasteiger charge is -2.12. The molecule has 1 aromatic heterocycles. The number of aromatic nitrogens is 2. The third-order valence-electron chi connectivity index (χ3n) is 4.07. The minimum atomic E-state index is -0.458. The Morgan fingerprint density at radius 2 is 1.63 bits per heavy atom. The largest absolute Gasteiger partial charge is 0.336 e. The molecule has 0 aliphatic carbocycles. The molecule has 8 heteroatoms. The summed E-state index contributed by atoms with van der Waals surface area (Å²) in [7, 11) is 0. The van der Waals surface area contributed by atoms with Crippen molar-refractivity contribution < 1.29 is 9.59 Å². The molecule has 3 N–H and O–H groups in total. The van der Waals surface area contributed by atoms with Crippen molar-refractivity contribution in [2.75, 3.05) is 10.6 Å². The molecule has 0 spiro atoms. The molecule has 154 valence electrons. The third-order valence-corrected chi connectivity index (χ3v) is 4.07. The third kappa shape index (κ3) is 5.78. The van der Waals surface area contributed by atoms with E-state index in [4.69, 9.17) is 0 Å². The Morgan fingerprint density at radius 3 is 2.33 bits per heavy atom. The van der Waals surface area contributed by atoms with Crippen molar-refractivity contribution in [1.29, 1.82) is 0 Å². The van der Waals surface area contributed by atoms with Crippen molar-refractivity contribution >= 4 is 23.3 Å². The second-order valence-electron chi connectivity index (χ2n) is 6.99. The Kier molecular flexibility index (Phi) is 6.59. The maximum Gasteiger partial charge on any atom is 0.319 e. The normalized spacial score (nSPS) is 10.5. The van der Waals surface area contributed by atoms with Crippen molar-refractivity contribution in [2.24, 2.45) is 0 Å². The fourth-order valence-corrected chi connectivity index (χ4v) is 2.74. The number of benzene rings is 2. The lowest BCUT2D eigenvalue weighted by Crippen LogP contribution is -2.34. The molecular formula is C22H23N5O3. The Bertz CT molecular complexity index is 1090. The van der Waals surface area contributed by atoms with Gasteiger partial charge in [0.1, 0.15) is 5.69 Å². The maximum atomic E-state index is 12.6. The Hall–Kier alpha value is -3.94. The predicted molar refractivity (Wildman–Crippen MR) is 116 cm³/mol. The number of anilines is 2. The van der Waals surface area contributed by atoms with Crippen LogP contribution < -0.4 is 21.5 Å². The standard InChI is InChI=1S/C22H23N5O3/c1-15(2)23-22(30)25-18-10-6-9-17(13-18)24-21(29)19-11-12-20(28)27(26-19)14-16-7-4-3-5-8-16/h3-13,15H,14H2,1-2H3,(H,24,29)(H2,23,25,30). The number of rotatable bonds is 6. The highest BCUT2D eigenvalue weighted by molar-refractivity contribution is 6.03. The summed E-state index contributed by atoms with van der Waals surface area (Å²) in [6, 6.07) is 18.5. The average molecular weight is 405 g/mol. The smallest absolute Gasteiger partial charge is 0.319 e. The zero-order chi connectivity index (χ0) is 21.5. The molecule has 30 heavy (non-hydrogen) atoms. The molecule has 3 rings (SSSR count). The lowest BCUT2D eigenvalue weighted by atomic mass is 10.2. The minimum Gasteiger partial charge on any atom is -0.336 e. The van der Waals surface area contributed by atoms with Crippen molar-refractivity contribution in [3.8, 4) is 0 Å². The molecule has 0 atom stereocenters. The predicted octanol–water partition coefficient (Wildman–Crippen LogP) is 3.07. The molecule has 2 aromatic carbocycles. The molecule has 3 aromatic rings. The first kappa shape index (κ1) is 20.8. The van der Waals surface area contributed by atoms with Crippen LogP contribution in [0, 0.1) is 0 Å². The van der Waals surface area contributed by atoms with Crippen LogP contribution in [0.5, 0.6) is 0 Å². The summed E-state index contributed by atoms with van der Waals surface area (Å²) in [5.41, 5.74) is 1.75. The molecule has 0 bridgehead atoms. The summed E-state index contributed by atoms with van der Waals surface area (Å²) in [6.45, 7) is 3.99. The number of hydrogen-bond donors (Lipinski definition) is 3. The molecule has 0 fully saturated rings. The van der Waals surface area contributed by atoms with E-state index in [0.717, 1.165) is 5.56 Å². The van der Waals surface area contributed by atoms with Gasteiger partial charge in [-0.25, -0.2) is 9.48 Å². The van der Waals surface area contributed by atoms with Gasteiger partial charge in [0.15, 0.2) is 0 Å². The van der Waals surface area contributed by atoms with Crippen molar-refractivity contribution in [3.63, 3.8) is 0 Å². The van der Waals surface area contributed by atoms with E-state index in [0.29, 0.717) is 11.4 Å². The van der Waals surface area contributed by atoms with E-state index < -0.39 is 5.91 Å². The number of nitrogens with one attached hydrogen (secondary N) is 3. The van der Waals surface area contributed by atoms with Crippen LogP contribution in [0.3, 0.4) is 0 Å². The van der Waals surface area contributed by atoms with Gasteiger partial charge in [0.2, 0.25) is 0 Å². The summed E-state index contributed by atoms with van der Waals surface area (Å²) in [4.78, 5) is 36.6. The first-order valence-electron chi connectivity index (χ1n) is 9.52. The van der Waals surface area contributed by atoms with Crippen LogP contribution in [0.25, 0.3) is 0 Å². The highest BCUT2D eigenvalue weighted by atomic mass is 16.2. The molecule has 0 saturated carbocycles. The maximum absolute atomic E-state index is 12.6. The molecular weight excluding hydrogens is 382 g/mol. The van der Waals surface area contributed by atoms with Crippen LogP contribution >= 0.6 is 0 Å². The number of hydrogen-bond acceptors (Lipinski definition) is 4. The topological polar surface area (TPSA) is 105 Å². The number of nitrogens with zero attached hydrogens (tertiary/aromatic N) is 2. The number of amides is 3. The van der Waals surface area contributed by atoms with Gasteiger partial charge in [0.25, 0.3) is 11.5 Å². The highest BCUT2D eigenvalue weighted by Gasteiger charge is 2.11. The lowest BCUT2D eigenvalue weighted by molar-refractivity contribution is 0.102. The Balaban J connectivity index is 1.72. The zero-order valence-corrected chi connectivity index (χ0v) is 16.8. The van der Waals surface area contributed by atoms with Crippen molar-refractivity contribution in [1.82, 2.24) is 15.1 Å². The number of urea groups is 1. The first-order chi connectivity index (χ1) is 14.4. The van der Waals surface area contributed by atoms with Crippen molar-refractivity contribution in [2.45, 2.75) is 26.4 Å². The fraction of sp³-hybridized carbons (Fsp3) is 0.182. The highest BCUT2D eigenvalue weighted by Crippen LogP contribution is 2.16. The van der Waals surface area contributed by atoms with Crippen LogP contribution in [0.2, 0.25) is 0 Å². The van der Waals surface area contributed by atoms with Gasteiger partial charge in [-0.15, -0.1) is 0 Å². The molecule has 0 aliphatic rings. The minimum absolute atomic E-state index is 0.00512. The van der Waals surface area contributed by atoms with Gasteiger partial charge in [0, 0.05) is 23.5 Å². The average Bonchev–Trinajstić information content (AvgIpc) is 2.70. The van der Waals surface area contributed by atoms with Crippen LogP contribution in [0.15, 0.2) is 71.5 Å². The van der Waals surface area contributed by atoms with E-state index in [-0.39, 0.29) is 29.9 Å². The van der Waals surface area contributed by atoms with Gasteiger partial charge in [-0.3, -0.25) is 9.59 Å². The van der Waals surface area contributed by atoms with E-state index in [1.165, 1.54) is 16.8 Å². The van der Waals surface area contributed by atoms with Crippen LogP contribution in [-0.2, 0) is 6.54 Å². The van der Waals surface area contributed by atoms with Gasteiger partial charge >= 0.3 is 6.03 Å². The molecule has 1 heterocycles. The van der Waals surface area contributed by atoms with E-state index in [9.17, 15) is 14.4 Å². The second-order valence-corrected chi connectivity index (χ2v) is 6.99. The monoisotopic (exact) mass is 405 g/mol. The van der Waals surface area contributed by atoms with E-state index >= 15 is 0 Å².